The molecule has 6 rings (SSSR count). The zero-order valence-corrected chi connectivity index (χ0v) is 25.1. The summed E-state index contributed by atoms with van der Waals surface area (Å²) in [6.07, 6.45) is 8.44. The number of nitrogens with one attached hydrogen (secondary N) is 1. The van der Waals surface area contributed by atoms with Crippen LogP contribution in [0.2, 0.25) is 0 Å². The number of carbonyl (C=O) groups is 1. The number of esters is 1. The number of carbonyl (C=O) groups excluding carboxylic acids is 1. The molecule has 9 heteroatoms. The lowest BCUT2D eigenvalue weighted by Gasteiger charge is -2.30. The molecule has 2 aromatic carbocycles. The van der Waals surface area contributed by atoms with Gasteiger partial charge in [-0.15, -0.1) is 0 Å². The molecule has 1 N–H and O–H groups in total. The lowest BCUT2D eigenvalue weighted by Crippen LogP contribution is -2.34. The second-order valence-electron chi connectivity index (χ2n) is 11.4. The third-order valence-corrected chi connectivity index (χ3v) is 8.73. The molecule has 0 unspecified atom stereocenters. The summed E-state index contributed by atoms with van der Waals surface area (Å²) in [6.45, 7) is 4.23. The second-order valence-corrected chi connectivity index (χ2v) is 11.4. The Morgan fingerprint density at radius 2 is 1.89 bits per heavy atom. The van der Waals surface area contributed by atoms with E-state index in [4.69, 9.17) is 4.74 Å². The SMILES string of the molecule is CCCc1c(Cc2ccc(-c3ccccc3)c(C#N)c2)c(=O)n(C2CCC(c3[nH]ccc3C(=O)OCC)CC2)c2ncnn12. The number of aromatic amines is 1. The van der Waals surface area contributed by atoms with Crippen LogP contribution in [0, 0.1) is 11.3 Å². The summed E-state index contributed by atoms with van der Waals surface area (Å²) in [6, 6.07) is 19.8. The number of hydrogen-bond acceptors (Lipinski definition) is 6. The summed E-state index contributed by atoms with van der Waals surface area (Å²) in [5, 5.41) is 14.6. The molecule has 224 valence electrons. The molecule has 1 saturated carbocycles. The van der Waals surface area contributed by atoms with Crippen molar-refractivity contribution in [3.63, 3.8) is 0 Å². The fraction of sp³-hybridized carbons (Fsp3) is 0.343. The predicted octanol–water partition coefficient (Wildman–Crippen LogP) is 6.38. The van der Waals surface area contributed by atoms with E-state index in [0.29, 0.717) is 41.9 Å². The molecule has 5 aromatic rings. The third-order valence-electron chi connectivity index (χ3n) is 8.73. The summed E-state index contributed by atoms with van der Waals surface area (Å²) >= 11 is 0. The number of fused-ring (bicyclic) bond motifs is 1. The maximum atomic E-state index is 14.4. The van der Waals surface area contributed by atoms with E-state index in [-0.39, 0.29) is 23.5 Å². The van der Waals surface area contributed by atoms with Crippen molar-refractivity contribution in [2.45, 2.75) is 70.8 Å². The van der Waals surface area contributed by atoms with Gasteiger partial charge in [-0.1, -0.05) is 55.8 Å². The molecule has 1 aliphatic carbocycles. The highest BCUT2D eigenvalue weighted by Gasteiger charge is 2.31. The summed E-state index contributed by atoms with van der Waals surface area (Å²) in [7, 11) is 0. The lowest BCUT2D eigenvalue weighted by molar-refractivity contribution is 0.0524. The number of aryl methyl sites for hydroxylation is 1. The van der Waals surface area contributed by atoms with Gasteiger partial charge < -0.3 is 9.72 Å². The highest BCUT2D eigenvalue weighted by Crippen LogP contribution is 2.39. The van der Waals surface area contributed by atoms with Crippen LogP contribution in [-0.2, 0) is 17.6 Å². The molecule has 1 aliphatic rings. The maximum absolute atomic E-state index is 14.4. The molecule has 0 amide bonds. The van der Waals surface area contributed by atoms with Gasteiger partial charge in [0.05, 0.1) is 29.5 Å². The normalized spacial score (nSPS) is 16.6. The Morgan fingerprint density at radius 3 is 2.61 bits per heavy atom. The molecule has 44 heavy (non-hydrogen) atoms. The molecular weight excluding hydrogens is 552 g/mol. The number of benzene rings is 2. The van der Waals surface area contributed by atoms with Crippen LogP contribution in [0.3, 0.4) is 0 Å². The van der Waals surface area contributed by atoms with Gasteiger partial charge in [0.15, 0.2) is 0 Å². The minimum absolute atomic E-state index is 0.0454. The van der Waals surface area contributed by atoms with E-state index in [1.165, 1.54) is 6.33 Å². The average molecular weight is 589 g/mol. The van der Waals surface area contributed by atoms with E-state index in [1.807, 2.05) is 57.6 Å². The van der Waals surface area contributed by atoms with Gasteiger partial charge in [-0.05, 0) is 67.9 Å². The fourth-order valence-electron chi connectivity index (χ4n) is 6.67. The van der Waals surface area contributed by atoms with Crippen molar-refractivity contribution < 1.29 is 9.53 Å². The molecule has 0 bridgehead atoms. The molecule has 3 heterocycles. The van der Waals surface area contributed by atoms with E-state index < -0.39 is 0 Å². The van der Waals surface area contributed by atoms with Crippen LogP contribution in [0.1, 0.15) is 96.3 Å². The molecule has 0 atom stereocenters. The average Bonchev–Trinajstić information content (AvgIpc) is 3.74. The van der Waals surface area contributed by atoms with E-state index in [0.717, 1.165) is 60.2 Å². The molecule has 3 aromatic heterocycles. The highest BCUT2D eigenvalue weighted by molar-refractivity contribution is 5.91. The number of hydrogen-bond donors (Lipinski definition) is 1. The standard InChI is InChI=1S/C35H36N6O3/c1-3-8-31-30(20-23-11-16-28(26(19-23)21-36)24-9-6-5-7-10-24)33(42)40(35-38-22-39-41(31)35)27-14-12-25(13-15-27)32-29(17-18-37-32)34(43)44-4-2/h5-7,9-11,16-19,22,25,27,37H,3-4,8,12-15,20H2,1-2H3. The molecule has 1 fully saturated rings. The van der Waals surface area contributed by atoms with Gasteiger partial charge in [0.1, 0.15) is 6.33 Å². The molecule has 0 saturated heterocycles. The molecule has 0 spiro atoms. The number of aromatic nitrogens is 5. The van der Waals surface area contributed by atoms with E-state index >= 15 is 0 Å². The zero-order chi connectivity index (χ0) is 30.6. The second kappa shape index (κ2) is 12.7. The quantitative estimate of drug-likeness (QED) is 0.200. The molecular formula is C35H36N6O3. The van der Waals surface area contributed by atoms with E-state index in [1.54, 1.807) is 19.2 Å². The van der Waals surface area contributed by atoms with E-state index in [2.05, 4.69) is 28.1 Å². The molecule has 0 radical (unpaired) electrons. The van der Waals surface area contributed by atoms with Crippen molar-refractivity contribution in [2.24, 2.45) is 0 Å². The van der Waals surface area contributed by atoms with Crippen molar-refractivity contribution in [3.05, 3.63) is 111 Å². The van der Waals surface area contributed by atoms with Crippen molar-refractivity contribution in [1.82, 2.24) is 24.1 Å². The van der Waals surface area contributed by atoms with Crippen molar-refractivity contribution in [1.29, 1.82) is 5.26 Å². The Morgan fingerprint density at radius 1 is 1.09 bits per heavy atom. The van der Waals surface area contributed by atoms with Crippen LogP contribution in [0.15, 0.2) is 71.9 Å². The lowest BCUT2D eigenvalue weighted by atomic mass is 9.82. The van der Waals surface area contributed by atoms with Crippen LogP contribution < -0.4 is 5.56 Å². The first-order valence-corrected chi connectivity index (χ1v) is 15.4. The van der Waals surface area contributed by atoms with Crippen LogP contribution in [0.25, 0.3) is 16.9 Å². The summed E-state index contributed by atoms with van der Waals surface area (Å²) in [5.74, 6) is 0.436. The Labute approximate surface area is 256 Å². The highest BCUT2D eigenvalue weighted by atomic mass is 16.5. The Kier molecular flexibility index (Phi) is 8.42. The van der Waals surface area contributed by atoms with Crippen molar-refractivity contribution >= 4 is 11.7 Å². The molecule has 9 nitrogen and oxygen atoms in total. The Balaban J connectivity index is 1.34. The number of H-pyrrole nitrogens is 1. The summed E-state index contributed by atoms with van der Waals surface area (Å²) < 4.78 is 8.93. The third kappa shape index (κ3) is 5.44. The maximum Gasteiger partial charge on any atom is 0.339 e. The van der Waals surface area contributed by atoms with Gasteiger partial charge in [0, 0.05) is 35.8 Å². The number of rotatable bonds is 9. The zero-order valence-electron chi connectivity index (χ0n) is 25.1. The Hall–Kier alpha value is -4.97. The van der Waals surface area contributed by atoms with E-state index in [9.17, 15) is 14.9 Å². The minimum atomic E-state index is -0.306. The largest absolute Gasteiger partial charge is 0.462 e. The molecule has 0 aliphatic heterocycles. The van der Waals surface area contributed by atoms with Gasteiger partial charge >= 0.3 is 5.97 Å². The summed E-state index contributed by atoms with van der Waals surface area (Å²) in [4.78, 5) is 34.7. The van der Waals surface area contributed by atoms with Gasteiger partial charge in [-0.25, -0.2) is 9.31 Å². The van der Waals surface area contributed by atoms with Crippen molar-refractivity contribution in [2.75, 3.05) is 6.61 Å². The van der Waals surface area contributed by atoms with Crippen molar-refractivity contribution in [3.8, 4) is 17.2 Å². The Bertz CT molecular complexity index is 1890. The number of nitriles is 1. The first-order chi connectivity index (χ1) is 21.5. The van der Waals surface area contributed by atoms with Gasteiger partial charge in [0.2, 0.25) is 5.78 Å². The summed E-state index contributed by atoms with van der Waals surface area (Å²) in [5.41, 5.74) is 6.36. The number of nitrogens with zero attached hydrogens (tertiary/aromatic N) is 5. The minimum Gasteiger partial charge on any atom is -0.462 e. The van der Waals surface area contributed by atoms with Crippen LogP contribution in [0.5, 0.6) is 0 Å². The van der Waals surface area contributed by atoms with Gasteiger partial charge in [0.25, 0.3) is 5.56 Å². The van der Waals surface area contributed by atoms with Gasteiger partial charge in [-0.2, -0.15) is 15.3 Å². The topological polar surface area (TPSA) is 118 Å². The van der Waals surface area contributed by atoms with Gasteiger partial charge in [-0.3, -0.25) is 9.36 Å². The smallest absolute Gasteiger partial charge is 0.339 e. The first-order valence-electron chi connectivity index (χ1n) is 15.4. The monoisotopic (exact) mass is 588 g/mol. The van der Waals surface area contributed by atoms with Crippen LogP contribution in [-0.4, -0.2) is 36.7 Å². The van der Waals surface area contributed by atoms with Crippen LogP contribution >= 0.6 is 0 Å². The fourth-order valence-corrected chi connectivity index (χ4v) is 6.67. The predicted molar refractivity (Wildman–Crippen MR) is 168 cm³/mol. The van der Waals surface area contributed by atoms with Crippen LogP contribution in [0.4, 0.5) is 0 Å². The number of ether oxygens (including phenoxy) is 1. The first kappa shape index (κ1) is 29.1.